The molecular weight excluding hydrogens is 258 g/mol. The monoisotopic (exact) mass is 269 g/mol. The van der Waals surface area contributed by atoms with Crippen LogP contribution in [0.25, 0.3) is 0 Å². The molecule has 2 aromatic heterocycles. The van der Waals surface area contributed by atoms with E-state index in [9.17, 15) is 0 Å². The lowest BCUT2D eigenvalue weighted by Crippen LogP contribution is -2.05. The van der Waals surface area contributed by atoms with Crippen molar-refractivity contribution < 1.29 is 13.9 Å². The molecule has 0 unspecified atom stereocenters. The summed E-state index contributed by atoms with van der Waals surface area (Å²) in [6.45, 7) is 2.72. The summed E-state index contributed by atoms with van der Waals surface area (Å²) in [4.78, 5) is 11.7. The summed E-state index contributed by atoms with van der Waals surface area (Å²) in [5.41, 5.74) is 0. The summed E-state index contributed by atoms with van der Waals surface area (Å²) >= 11 is 5.74. The van der Waals surface area contributed by atoms with E-state index in [0.717, 1.165) is 6.42 Å². The lowest BCUT2D eigenvalue weighted by atomic mass is 10.5. The molecule has 0 bridgehead atoms. The van der Waals surface area contributed by atoms with Crippen LogP contribution in [-0.4, -0.2) is 21.6 Å². The Hall–Kier alpha value is -1.82. The van der Waals surface area contributed by atoms with Gasteiger partial charge in [0.2, 0.25) is 5.28 Å². The minimum absolute atomic E-state index is 0.0329. The molecule has 2 aromatic rings. The standard InChI is InChI=1S/C11H12ClN3O3/c1-2-5-17-10-13-9(12)14-11(15-10)18-7-8-4-3-6-16-8/h3-4,6H,2,5,7H2,1H3. The van der Waals surface area contributed by atoms with Crippen LogP contribution < -0.4 is 9.47 Å². The molecule has 6 nitrogen and oxygen atoms in total. The van der Waals surface area contributed by atoms with Gasteiger partial charge in [0.25, 0.3) is 0 Å². The maximum absolute atomic E-state index is 5.74. The Morgan fingerprint density at radius 3 is 2.67 bits per heavy atom. The average Bonchev–Trinajstić information content (AvgIpc) is 2.86. The minimum atomic E-state index is 0.0329. The second kappa shape index (κ2) is 6.20. The largest absolute Gasteiger partial charge is 0.466 e. The van der Waals surface area contributed by atoms with Gasteiger partial charge in [-0.25, -0.2) is 0 Å². The lowest BCUT2D eigenvalue weighted by molar-refractivity contribution is 0.236. The molecule has 0 aliphatic rings. The number of halogens is 1. The van der Waals surface area contributed by atoms with Crippen LogP contribution in [-0.2, 0) is 6.61 Å². The molecule has 0 fully saturated rings. The molecule has 0 aliphatic carbocycles. The first kappa shape index (κ1) is 12.6. The number of aromatic nitrogens is 3. The van der Waals surface area contributed by atoms with Gasteiger partial charge in [-0.2, -0.15) is 9.97 Å². The van der Waals surface area contributed by atoms with Crippen LogP contribution in [0, 0.1) is 0 Å². The second-order valence-corrected chi connectivity index (χ2v) is 3.72. The number of ether oxygens (including phenoxy) is 2. The van der Waals surface area contributed by atoms with E-state index >= 15 is 0 Å². The summed E-state index contributed by atoms with van der Waals surface area (Å²) in [5.74, 6) is 0.669. The number of hydrogen-bond acceptors (Lipinski definition) is 6. The third-order valence-corrected chi connectivity index (χ3v) is 2.10. The van der Waals surface area contributed by atoms with Crippen molar-refractivity contribution in [3.8, 4) is 12.0 Å². The number of furan rings is 1. The highest BCUT2D eigenvalue weighted by Crippen LogP contribution is 2.14. The van der Waals surface area contributed by atoms with Crippen LogP contribution in [0.1, 0.15) is 19.1 Å². The van der Waals surface area contributed by atoms with Crippen molar-refractivity contribution in [3.63, 3.8) is 0 Å². The van der Waals surface area contributed by atoms with E-state index in [1.54, 1.807) is 18.4 Å². The Morgan fingerprint density at radius 2 is 2.00 bits per heavy atom. The average molecular weight is 270 g/mol. The molecular formula is C11H12ClN3O3. The van der Waals surface area contributed by atoms with Gasteiger partial charge in [-0.15, -0.1) is 4.98 Å². The molecule has 2 heterocycles. The summed E-state index contributed by atoms with van der Waals surface area (Å²) in [6.07, 6.45) is 2.42. The number of nitrogens with zero attached hydrogens (tertiary/aromatic N) is 3. The van der Waals surface area contributed by atoms with Crippen molar-refractivity contribution >= 4 is 11.6 Å². The molecule has 2 rings (SSSR count). The van der Waals surface area contributed by atoms with Crippen LogP contribution in [0.5, 0.6) is 12.0 Å². The molecule has 0 radical (unpaired) electrons. The van der Waals surface area contributed by atoms with E-state index in [1.165, 1.54) is 0 Å². The normalized spacial score (nSPS) is 10.3. The van der Waals surface area contributed by atoms with Gasteiger partial charge in [-0.1, -0.05) is 6.92 Å². The second-order valence-electron chi connectivity index (χ2n) is 3.39. The molecule has 0 saturated heterocycles. The Morgan fingerprint density at radius 1 is 1.22 bits per heavy atom. The van der Waals surface area contributed by atoms with Crippen LogP contribution in [0.4, 0.5) is 0 Å². The predicted molar refractivity (Wildman–Crippen MR) is 63.7 cm³/mol. The fourth-order valence-electron chi connectivity index (χ4n) is 1.17. The van der Waals surface area contributed by atoms with Crippen LogP contribution in [0.15, 0.2) is 22.8 Å². The van der Waals surface area contributed by atoms with Gasteiger partial charge >= 0.3 is 12.0 Å². The first-order valence-corrected chi connectivity index (χ1v) is 5.85. The Kier molecular flexibility index (Phi) is 4.35. The molecule has 18 heavy (non-hydrogen) atoms. The fraction of sp³-hybridized carbons (Fsp3) is 0.364. The third-order valence-electron chi connectivity index (χ3n) is 1.93. The van der Waals surface area contributed by atoms with Crippen molar-refractivity contribution in [2.45, 2.75) is 20.0 Å². The number of hydrogen-bond donors (Lipinski definition) is 0. The zero-order valence-electron chi connectivity index (χ0n) is 9.80. The van der Waals surface area contributed by atoms with Crippen LogP contribution in [0.2, 0.25) is 5.28 Å². The van der Waals surface area contributed by atoms with Crippen molar-refractivity contribution in [1.82, 2.24) is 15.0 Å². The Labute approximate surface area is 109 Å². The summed E-state index contributed by atoms with van der Waals surface area (Å²) in [5, 5.41) is 0.0329. The van der Waals surface area contributed by atoms with Crippen LogP contribution in [0.3, 0.4) is 0 Å². The van der Waals surface area contributed by atoms with E-state index in [4.69, 9.17) is 25.5 Å². The van der Waals surface area contributed by atoms with Gasteiger partial charge in [0.05, 0.1) is 12.9 Å². The summed E-state index contributed by atoms with van der Waals surface area (Å²) in [6, 6.07) is 3.83. The van der Waals surface area contributed by atoms with Gasteiger partial charge in [0.1, 0.15) is 12.4 Å². The van der Waals surface area contributed by atoms with Crippen molar-refractivity contribution in [2.75, 3.05) is 6.61 Å². The van der Waals surface area contributed by atoms with E-state index < -0.39 is 0 Å². The van der Waals surface area contributed by atoms with Gasteiger partial charge < -0.3 is 13.9 Å². The maximum atomic E-state index is 5.74. The van der Waals surface area contributed by atoms with Gasteiger partial charge in [0.15, 0.2) is 0 Å². The smallest absolute Gasteiger partial charge is 0.324 e. The highest BCUT2D eigenvalue weighted by molar-refractivity contribution is 6.28. The third kappa shape index (κ3) is 3.59. The summed E-state index contributed by atoms with van der Waals surface area (Å²) < 4.78 is 15.7. The van der Waals surface area contributed by atoms with Crippen molar-refractivity contribution in [2.24, 2.45) is 0 Å². The Bertz CT molecular complexity index is 490. The van der Waals surface area contributed by atoms with Gasteiger partial charge in [-0.05, 0) is 30.2 Å². The molecule has 0 amide bonds. The molecule has 0 aliphatic heterocycles. The molecule has 0 N–H and O–H groups in total. The minimum Gasteiger partial charge on any atom is -0.466 e. The fourth-order valence-corrected chi connectivity index (χ4v) is 1.31. The highest BCUT2D eigenvalue weighted by Gasteiger charge is 2.08. The molecule has 0 aromatic carbocycles. The first-order chi connectivity index (χ1) is 8.78. The molecule has 96 valence electrons. The first-order valence-electron chi connectivity index (χ1n) is 5.47. The zero-order chi connectivity index (χ0) is 12.8. The van der Waals surface area contributed by atoms with E-state index in [2.05, 4.69) is 15.0 Å². The SMILES string of the molecule is CCCOc1nc(Cl)nc(OCc2ccco2)n1. The maximum Gasteiger partial charge on any atom is 0.324 e. The molecule has 0 spiro atoms. The lowest BCUT2D eigenvalue weighted by Gasteiger charge is -2.05. The Balaban J connectivity index is 2.00. The molecule has 0 saturated carbocycles. The van der Waals surface area contributed by atoms with E-state index in [-0.39, 0.29) is 23.9 Å². The molecule has 0 atom stereocenters. The molecule has 7 heteroatoms. The quantitative estimate of drug-likeness (QED) is 0.802. The topological polar surface area (TPSA) is 70.3 Å². The van der Waals surface area contributed by atoms with Crippen LogP contribution >= 0.6 is 11.6 Å². The van der Waals surface area contributed by atoms with Crippen molar-refractivity contribution in [3.05, 3.63) is 29.4 Å². The zero-order valence-corrected chi connectivity index (χ0v) is 10.6. The predicted octanol–water partition coefficient (Wildman–Crippen LogP) is 2.49. The highest BCUT2D eigenvalue weighted by atomic mass is 35.5. The van der Waals surface area contributed by atoms with E-state index in [1.807, 2.05) is 6.92 Å². The van der Waals surface area contributed by atoms with Crippen molar-refractivity contribution in [1.29, 1.82) is 0 Å². The van der Waals surface area contributed by atoms with Gasteiger partial charge in [0, 0.05) is 0 Å². The van der Waals surface area contributed by atoms with Gasteiger partial charge in [-0.3, -0.25) is 0 Å². The number of rotatable bonds is 6. The van der Waals surface area contributed by atoms with E-state index in [0.29, 0.717) is 12.4 Å². The summed E-state index contributed by atoms with van der Waals surface area (Å²) in [7, 11) is 0.